The number of rotatable bonds is 9. The van der Waals surface area contributed by atoms with E-state index >= 15 is 0 Å². The van der Waals surface area contributed by atoms with Gasteiger partial charge in [-0.1, -0.05) is 87.4 Å². The normalized spacial score (nSPS) is 23.6. The molecule has 0 radical (unpaired) electrons. The number of hydrogen-bond donors (Lipinski definition) is 0. The Morgan fingerprint density at radius 3 is 1.36 bits per heavy atom. The summed E-state index contributed by atoms with van der Waals surface area (Å²) in [6.07, 6.45) is 20.1. The van der Waals surface area contributed by atoms with Gasteiger partial charge in [0.1, 0.15) is 17.6 Å². The van der Waals surface area contributed by atoms with Crippen LogP contribution in [0.5, 0.6) is 11.5 Å². The van der Waals surface area contributed by atoms with Crippen LogP contribution in [-0.2, 0) is 38.2 Å². The van der Waals surface area contributed by atoms with E-state index < -0.39 is 10.1 Å². The zero-order valence-electron chi connectivity index (χ0n) is 46.3. The summed E-state index contributed by atoms with van der Waals surface area (Å²) in [5.41, 5.74) is 4.59. The fourth-order valence-electron chi connectivity index (χ4n) is 10.1. The van der Waals surface area contributed by atoms with Crippen molar-refractivity contribution in [3.8, 4) is 23.3 Å². The van der Waals surface area contributed by atoms with Crippen LogP contribution in [0.15, 0.2) is 72.8 Å². The van der Waals surface area contributed by atoms with E-state index in [0.717, 1.165) is 81.1 Å². The van der Waals surface area contributed by atoms with Crippen LogP contribution < -0.4 is 9.47 Å². The molecular weight excluding hydrogens is 941 g/mol. The highest BCUT2D eigenvalue weighted by molar-refractivity contribution is 7.85. The van der Waals surface area contributed by atoms with Crippen LogP contribution >= 0.6 is 0 Å². The van der Waals surface area contributed by atoms with Crippen LogP contribution in [0.25, 0.3) is 0 Å². The highest BCUT2D eigenvalue weighted by atomic mass is 32.2. The van der Waals surface area contributed by atoms with E-state index in [0.29, 0.717) is 28.9 Å². The van der Waals surface area contributed by atoms with Crippen LogP contribution in [0, 0.1) is 53.8 Å². The van der Waals surface area contributed by atoms with Gasteiger partial charge in [0.05, 0.1) is 32.0 Å². The molecule has 0 unspecified atom stereocenters. The monoisotopic (exact) mass is 1030 g/mol. The van der Waals surface area contributed by atoms with Crippen molar-refractivity contribution in [3.63, 3.8) is 0 Å². The Hall–Kier alpha value is -4.99. The van der Waals surface area contributed by atoms with Crippen molar-refractivity contribution >= 4 is 34.0 Å². The Morgan fingerprint density at radius 1 is 0.575 bits per heavy atom. The van der Waals surface area contributed by atoms with Crippen LogP contribution in [0.2, 0.25) is 0 Å². The summed E-state index contributed by atoms with van der Waals surface area (Å²) in [5, 5.41) is 0. The number of aryl methyl sites for hydroxylation is 1. The molecule has 4 aliphatic carbocycles. The number of hydrogen-bond acceptors (Lipinski definition) is 11. The van der Waals surface area contributed by atoms with Crippen molar-refractivity contribution in [2.75, 3.05) is 20.5 Å². The molecular formula is C61H88O11S. The lowest BCUT2D eigenvalue weighted by atomic mass is 9.69. The van der Waals surface area contributed by atoms with E-state index in [1.54, 1.807) is 12.1 Å². The van der Waals surface area contributed by atoms with E-state index in [2.05, 4.69) is 79.6 Å². The van der Waals surface area contributed by atoms with Gasteiger partial charge in [0.15, 0.2) is 0 Å². The second kappa shape index (κ2) is 31.7. The first-order valence-electron chi connectivity index (χ1n) is 26.6. The van der Waals surface area contributed by atoms with Crippen molar-refractivity contribution in [2.24, 2.45) is 35.0 Å². The Morgan fingerprint density at radius 2 is 0.986 bits per heavy atom. The number of carbonyl (C=O) groups is 4. The van der Waals surface area contributed by atoms with Gasteiger partial charge in [-0.2, -0.15) is 8.42 Å². The van der Waals surface area contributed by atoms with Crippen molar-refractivity contribution < 1.29 is 50.7 Å². The molecule has 3 aromatic rings. The molecule has 0 aliphatic heterocycles. The molecule has 7 rings (SSSR count). The molecule has 3 aromatic carbocycles. The lowest BCUT2D eigenvalue weighted by Gasteiger charge is -2.36. The lowest BCUT2D eigenvalue weighted by molar-refractivity contribution is -0.148. The second-order valence-corrected chi connectivity index (χ2v) is 23.4. The topological polar surface area (TPSA) is 149 Å². The maximum Gasteiger partial charge on any atom is 0.337 e. The molecule has 4 saturated carbocycles. The second-order valence-electron chi connectivity index (χ2n) is 21.7. The summed E-state index contributed by atoms with van der Waals surface area (Å²) in [6.45, 7) is 17.8. The SMILES string of the molecule is CC#CC(C)(C)C.CC(=O)OC1CCC(c2ccc(OC(=O)C3CCC(C4CCC(C)CC4)CC3)cc2)CC1.CC(=O)Oc1ccc(C2CCC(C)CC2)cc1.COC(=O)c1ccc(C)cc1.COS(C)(=O)=O. The summed E-state index contributed by atoms with van der Waals surface area (Å²) in [6, 6.07) is 23.3. The average Bonchev–Trinajstić information content (AvgIpc) is 3.35. The van der Waals surface area contributed by atoms with Gasteiger partial charge in [-0.05, 0) is 195 Å². The third-order valence-corrected chi connectivity index (χ3v) is 14.9. The largest absolute Gasteiger partial charge is 0.465 e. The number of benzene rings is 3. The van der Waals surface area contributed by atoms with Crippen molar-refractivity contribution in [3.05, 3.63) is 95.1 Å². The first-order valence-corrected chi connectivity index (χ1v) is 28.4. The van der Waals surface area contributed by atoms with E-state index in [9.17, 15) is 27.6 Å². The Kier molecular flexibility index (Phi) is 27.0. The fourth-order valence-corrected chi connectivity index (χ4v) is 10.1. The van der Waals surface area contributed by atoms with Gasteiger partial charge in [0, 0.05) is 19.3 Å². The Labute approximate surface area is 439 Å². The minimum atomic E-state index is -3.16. The first kappa shape index (κ1) is 62.3. The molecule has 0 saturated heterocycles. The first-order chi connectivity index (χ1) is 34.5. The standard InChI is InChI=1S/C28H40O4.C15H20O2.C9H10O2.C7H12.C2H6O3S/c1-19-3-5-21(6-4-19)22-7-9-25(10-8-22)28(30)32-27-17-13-24(14-18-27)23-11-15-26(16-12-23)31-20(2)29;1-11-3-5-13(6-4-11)14-7-9-15(10-8-14)17-12(2)16;1-7-3-5-8(6-4-7)9(10)11-2;1-5-6-7(2,3)4;1-5-6(2,3)4/h13-14,17-19,21-23,25-26H,3-12,15-16H2,1-2H3;7-11,13H,3-6H2,1-2H3;3-6H,1-2H3;1-4H3;1-2H3. The molecule has 4 aliphatic rings. The molecule has 0 amide bonds. The Bertz CT molecular complexity index is 2270. The molecule has 0 N–H and O–H groups in total. The van der Waals surface area contributed by atoms with Gasteiger partial charge in [-0.3, -0.25) is 18.6 Å². The van der Waals surface area contributed by atoms with Crippen molar-refractivity contribution in [1.29, 1.82) is 0 Å². The molecule has 12 heteroatoms. The highest BCUT2D eigenvalue weighted by Crippen LogP contribution is 2.42. The number of ether oxygens (including phenoxy) is 4. The maximum absolute atomic E-state index is 12.7. The van der Waals surface area contributed by atoms with Gasteiger partial charge in [0.25, 0.3) is 10.1 Å². The summed E-state index contributed by atoms with van der Waals surface area (Å²) < 4.78 is 44.1. The van der Waals surface area contributed by atoms with E-state index in [1.165, 1.54) is 96.3 Å². The van der Waals surface area contributed by atoms with E-state index in [-0.39, 0.29) is 41.3 Å². The van der Waals surface area contributed by atoms with Crippen LogP contribution in [-0.4, -0.2) is 58.9 Å². The zero-order valence-corrected chi connectivity index (χ0v) is 47.1. The molecule has 0 heterocycles. The van der Waals surface area contributed by atoms with Gasteiger partial charge in [0.2, 0.25) is 0 Å². The summed E-state index contributed by atoms with van der Waals surface area (Å²) in [5.74, 6) is 11.2. The summed E-state index contributed by atoms with van der Waals surface area (Å²) in [7, 11) is -0.664. The predicted octanol–water partition coefficient (Wildman–Crippen LogP) is 14.1. The molecule has 404 valence electrons. The van der Waals surface area contributed by atoms with Crippen LogP contribution in [0.4, 0.5) is 0 Å². The zero-order chi connectivity index (χ0) is 54.1. The Balaban J connectivity index is 0.000000285. The van der Waals surface area contributed by atoms with Gasteiger partial charge in [-0.15, -0.1) is 5.92 Å². The number of esters is 4. The van der Waals surface area contributed by atoms with Crippen molar-refractivity contribution in [2.45, 2.75) is 183 Å². The van der Waals surface area contributed by atoms with E-state index in [4.69, 9.17) is 14.2 Å². The maximum atomic E-state index is 12.7. The molecule has 0 spiro atoms. The molecule has 4 fully saturated rings. The molecule has 11 nitrogen and oxygen atoms in total. The van der Waals surface area contributed by atoms with Gasteiger partial charge in [-0.25, -0.2) is 4.79 Å². The fraction of sp³-hybridized carbons (Fsp3) is 0.607. The lowest BCUT2D eigenvalue weighted by Crippen LogP contribution is -2.29. The van der Waals surface area contributed by atoms with Crippen LogP contribution in [0.3, 0.4) is 0 Å². The smallest absolute Gasteiger partial charge is 0.337 e. The summed E-state index contributed by atoms with van der Waals surface area (Å²) in [4.78, 5) is 45.6. The molecule has 0 aromatic heterocycles. The summed E-state index contributed by atoms with van der Waals surface area (Å²) >= 11 is 0. The van der Waals surface area contributed by atoms with E-state index in [1.807, 2.05) is 50.2 Å². The average molecular weight is 1030 g/mol. The number of carbonyl (C=O) groups excluding carboxylic acids is 4. The van der Waals surface area contributed by atoms with Gasteiger partial charge >= 0.3 is 23.9 Å². The quantitative estimate of drug-likeness (QED) is 0.0872. The molecule has 0 atom stereocenters. The highest BCUT2D eigenvalue weighted by Gasteiger charge is 2.33. The van der Waals surface area contributed by atoms with Crippen molar-refractivity contribution in [1.82, 2.24) is 0 Å². The van der Waals surface area contributed by atoms with Gasteiger partial charge < -0.3 is 18.9 Å². The van der Waals surface area contributed by atoms with Crippen LogP contribution in [0.1, 0.15) is 197 Å². The minimum Gasteiger partial charge on any atom is -0.465 e. The third kappa shape index (κ3) is 25.2. The molecule has 73 heavy (non-hydrogen) atoms. The predicted molar refractivity (Wildman–Crippen MR) is 291 cm³/mol. The number of methoxy groups -OCH3 is 1. The minimum absolute atomic E-state index is 0.0460. The molecule has 0 bridgehead atoms. The third-order valence-electron chi connectivity index (χ3n) is 14.3.